The van der Waals surface area contributed by atoms with Gasteiger partial charge in [-0.3, -0.25) is 4.40 Å². The Balaban J connectivity index is 2.25. The van der Waals surface area contributed by atoms with E-state index in [4.69, 9.17) is 15.5 Å². The second kappa shape index (κ2) is 5.35. The van der Waals surface area contributed by atoms with E-state index in [2.05, 4.69) is 0 Å². The average molecular weight is 267 g/mol. The molecule has 4 nitrogen and oxygen atoms in total. The number of ether oxygens (including phenoxy) is 1. The molecular formula is C16H17N3O. The van der Waals surface area contributed by atoms with E-state index in [1.807, 2.05) is 60.0 Å². The first-order chi connectivity index (χ1) is 9.85. The Morgan fingerprint density at radius 2 is 1.95 bits per heavy atom. The number of rotatable bonds is 4. The summed E-state index contributed by atoms with van der Waals surface area (Å²) in [6.07, 6.45) is 1.97. The van der Waals surface area contributed by atoms with E-state index in [0.29, 0.717) is 13.2 Å². The van der Waals surface area contributed by atoms with Gasteiger partial charge in [-0.1, -0.05) is 30.3 Å². The van der Waals surface area contributed by atoms with Crippen molar-refractivity contribution in [2.75, 3.05) is 6.61 Å². The second-order valence-electron chi connectivity index (χ2n) is 4.48. The van der Waals surface area contributed by atoms with E-state index in [1.54, 1.807) is 0 Å². The Morgan fingerprint density at radius 1 is 1.15 bits per heavy atom. The smallest absolute Gasteiger partial charge is 0.180 e. The van der Waals surface area contributed by atoms with Gasteiger partial charge in [0.05, 0.1) is 18.0 Å². The van der Waals surface area contributed by atoms with Crippen LogP contribution in [0.2, 0.25) is 0 Å². The van der Waals surface area contributed by atoms with E-state index in [1.165, 1.54) is 0 Å². The fourth-order valence-corrected chi connectivity index (χ4v) is 2.38. The Bertz CT molecular complexity index is 719. The third kappa shape index (κ3) is 2.04. The van der Waals surface area contributed by atoms with Crippen molar-refractivity contribution < 1.29 is 4.74 Å². The van der Waals surface area contributed by atoms with Gasteiger partial charge in [-0.05, 0) is 19.1 Å². The molecule has 0 aliphatic heterocycles. The molecule has 3 aromatic rings. The van der Waals surface area contributed by atoms with Crippen LogP contribution in [0.5, 0.6) is 5.75 Å². The first kappa shape index (κ1) is 12.7. The number of aromatic nitrogens is 2. The molecule has 2 N–H and O–H groups in total. The Kier molecular flexibility index (Phi) is 3.39. The molecule has 0 aliphatic carbocycles. The topological polar surface area (TPSA) is 52.5 Å². The molecule has 20 heavy (non-hydrogen) atoms. The van der Waals surface area contributed by atoms with Crippen molar-refractivity contribution >= 4 is 5.65 Å². The molecule has 0 saturated carbocycles. The van der Waals surface area contributed by atoms with Gasteiger partial charge in [0.15, 0.2) is 11.4 Å². The maximum Gasteiger partial charge on any atom is 0.180 e. The third-order valence-electron chi connectivity index (χ3n) is 3.25. The predicted molar refractivity (Wildman–Crippen MR) is 79.7 cm³/mol. The monoisotopic (exact) mass is 267 g/mol. The first-order valence-corrected chi connectivity index (χ1v) is 6.73. The highest BCUT2D eigenvalue weighted by Gasteiger charge is 2.15. The molecular weight excluding hydrogens is 250 g/mol. The van der Waals surface area contributed by atoms with Crippen LogP contribution in [-0.2, 0) is 6.54 Å². The van der Waals surface area contributed by atoms with Crippen LogP contribution in [-0.4, -0.2) is 16.0 Å². The molecule has 2 heterocycles. The van der Waals surface area contributed by atoms with E-state index in [9.17, 15) is 0 Å². The standard InChI is InChI=1S/C16H17N3O/c1-2-20-14-9-6-10-19-13(11-17)15(18-16(14)19)12-7-4-3-5-8-12/h3-10H,2,11,17H2,1H3. The van der Waals surface area contributed by atoms with E-state index in [-0.39, 0.29) is 0 Å². The minimum absolute atomic E-state index is 0.432. The van der Waals surface area contributed by atoms with E-state index in [0.717, 1.165) is 28.3 Å². The molecule has 4 heteroatoms. The molecule has 0 spiro atoms. The lowest BCUT2D eigenvalue weighted by molar-refractivity contribution is 0.342. The summed E-state index contributed by atoms with van der Waals surface area (Å²) in [7, 11) is 0. The highest BCUT2D eigenvalue weighted by molar-refractivity contribution is 5.69. The van der Waals surface area contributed by atoms with E-state index < -0.39 is 0 Å². The number of nitrogens with zero attached hydrogens (tertiary/aromatic N) is 2. The van der Waals surface area contributed by atoms with Crippen LogP contribution in [0.4, 0.5) is 0 Å². The largest absolute Gasteiger partial charge is 0.490 e. The minimum atomic E-state index is 0.432. The molecule has 0 unspecified atom stereocenters. The number of hydrogen-bond donors (Lipinski definition) is 1. The molecule has 0 fully saturated rings. The number of hydrogen-bond acceptors (Lipinski definition) is 3. The summed E-state index contributed by atoms with van der Waals surface area (Å²) in [5.74, 6) is 0.784. The van der Waals surface area contributed by atoms with Crippen LogP contribution >= 0.6 is 0 Å². The zero-order chi connectivity index (χ0) is 13.9. The maximum absolute atomic E-state index is 5.92. The third-order valence-corrected chi connectivity index (χ3v) is 3.25. The quantitative estimate of drug-likeness (QED) is 0.790. The zero-order valence-electron chi connectivity index (χ0n) is 11.4. The van der Waals surface area contributed by atoms with Crippen LogP contribution in [0.15, 0.2) is 48.7 Å². The van der Waals surface area contributed by atoms with Gasteiger partial charge in [0.2, 0.25) is 0 Å². The Morgan fingerprint density at radius 3 is 2.65 bits per heavy atom. The molecule has 2 aromatic heterocycles. The molecule has 1 aromatic carbocycles. The maximum atomic E-state index is 5.92. The summed E-state index contributed by atoms with van der Waals surface area (Å²) in [4.78, 5) is 4.73. The number of nitrogens with two attached hydrogens (primary N) is 1. The fraction of sp³-hybridized carbons (Fsp3) is 0.188. The summed E-state index contributed by atoms with van der Waals surface area (Å²) in [5.41, 5.74) is 9.71. The molecule has 0 saturated heterocycles. The van der Waals surface area contributed by atoms with Crippen LogP contribution in [0.25, 0.3) is 16.9 Å². The van der Waals surface area contributed by atoms with Gasteiger partial charge in [-0.15, -0.1) is 0 Å². The van der Waals surface area contributed by atoms with Crippen LogP contribution in [0.3, 0.4) is 0 Å². The molecule has 0 radical (unpaired) electrons. The van der Waals surface area contributed by atoms with Crippen LogP contribution < -0.4 is 10.5 Å². The van der Waals surface area contributed by atoms with Crippen molar-refractivity contribution in [1.29, 1.82) is 0 Å². The van der Waals surface area contributed by atoms with Crippen molar-refractivity contribution in [3.05, 3.63) is 54.4 Å². The lowest BCUT2D eigenvalue weighted by atomic mass is 10.1. The molecule has 3 rings (SSSR count). The van der Waals surface area contributed by atoms with Crippen molar-refractivity contribution in [1.82, 2.24) is 9.38 Å². The Labute approximate surface area is 117 Å². The second-order valence-corrected chi connectivity index (χ2v) is 4.48. The fourth-order valence-electron chi connectivity index (χ4n) is 2.38. The minimum Gasteiger partial charge on any atom is -0.490 e. The summed E-state index contributed by atoms with van der Waals surface area (Å²) < 4.78 is 7.65. The lowest BCUT2D eigenvalue weighted by Gasteiger charge is -2.05. The highest BCUT2D eigenvalue weighted by atomic mass is 16.5. The number of benzene rings is 1. The lowest BCUT2D eigenvalue weighted by Crippen LogP contribution is -2.03. The van der Waals surface area contributed by atoms with Crippen LogP contribution in [0.1, 0.15) is 12.6 Å². The van der Waals surface area contributed by atoms with Crippen molar-refractivity contribution in [3.8, 4) is 17.0 Å². The SMILES string of the molecule is CCOc1cccn2c(CN)c(-c3ccccc3)nc12. The summed E-state index contributed by atoms with van der Waals surface area (Å²) in [5, 5.41) is 0. The molecule has 0 atom stereocenters. The average Bonchev–Trinajstić information content (AvgIpc) is 2.88. The number of fused-ring (bicyclic) bond motifs is 1. The van der Waals surface area contributed by atoms with Gasteiger partial charge in [-0.2, -0.15) is 0 Å². The molecule has 102 valence electrons. The van der Waals surface area contributed by atoms with Gasteiger partial charge in [-0.25, -0.2) is 4.98 Å². The van der Waals surface area contributed by atoms with Gasteiger partial charge in [0.1, 0.15) is 0 Å². The summed E-state index contributed by atoms with van der Waals surface area (Å²) in [6, 6.07) is 14.0. The zero-order valence-corrected chi connectivity index (χ0v) is 11.4. The summed E-state index contributed by atoms with van der Waals surface area (Å²) in [6.45, 7) is 3.01. The summed E-state index contributed by atoms with van der Waals surface area (Å²) >= 11 is 0. The predicted octanol–water partition coefficient (Wildman–Crippen LogP) is 2.86. The molecule has 0 bridgehead atoms. The van der Waals surface area contributed by atoms with Gasteiger partial charge in [0.25, 0.3) is 0 Å². The van der Waals surface area contributed by atoms with E-state index >= 15 is 0 Å². The normalized spacial score (nSPS) is 10.9. The Hall–Kier alpha value is -2.33. The van der Waals surface area contributed by atoms with Crippen molar-refractivity contribution in [2.45, 2.75) is 13.5 Å². The van der Waals surface area contributed by atoms with Crippen molar-refractivity contribution in [2.24, 2.45) is 5.73 Å². The first-order valence-electron chi connectivity index (χ1n) is 6.73. The number of imidazole rings is 1. The van der Waals surface area contributed by atoms with Gasteiger partial charge >= 0.3 is 0 Å². The molecule has 0 amide bonds. The van der Waals surface area contributed by atoms with Gasteiger partial charge in [0, 0.05) is 18.3 Å². The molecule has 0 aliphatic rings. The number of pyridine rings is 1. The van der Waals surface area contributed by atoms with Gasteiger partial charge < -0.3 is 10.5 Å². The van der Waals surface area contributed by atoms with Crippen molar-refractivity contribution in [3.63, 3.8) is 0 Å². The highest BCUT2D eigenvalue weighted by Crippen LogP contribution is 2.28. The van der Waals surface area contributed by atoms with Crippen LogP contribution in [0, 0.1) is 0 Å².